The molecular formula is C18H21ClN5O2S+. The van der Waals surface area contributed by atoms with Crippen LogP contribution in [0.4, 0.5) is 17.2 Å². The molecule has 0 aliphatic carbocycles. The number of benzene rings is 1. The number of nitro groups is 1. The predicted molar refractivity (Wildman–Crippen MR) is 110 cm³/mol. The van der Waals surface area contributed by atoms with Gasteiger partial charge in [0.15, 0.2) is 5.11 Å². The number of nitrogens with zero attached hydrogens (tertiary/aromatic N) is 3. The molecule has 2 heterocycles. The lowest BCUT2D eigenvalue weighted by Gasteiger charge is -2.23. The molecule has 0 amide bonds. The molecule has 142 valence electrons. The van der Waals surface area contributed by atoms with Gasteiger partial charge in [0.2, 0.25) is 0 Å². The van der Waals surface area contributed by atoms with Crippen LogP contribution in [0.2, 0.25) is 5.02 Å². The number of pyridine rings is 1. The van der Waals surface area contributed by atoms with Crippen LogP contribution in [0.5, 0.6) is 0 Å². The van der Waals surface area contributed by atoms with Gasteiger partial charge in [-0.25, -0.2) is 4.98 Å². The van der Waals surface area contributed by atoms with Crippen molar-refractivity contribution in [2.24, 2.45) is 0 Å². The molecule has 3 rings (SSSR count). The van der Waals surface area contributed by atoms with Crippen molar-refractivity contribution in [1.29, 1.82) is 0 Å². The first-order valence-electron chi connectivity index (χ1n) is 8.68. The maximum atomic E-state index is 11.3. The van der Waals surface area contributed by atoms with E-state index in [2.05, 4.69) is 15.2 Å². The van der Waals surface area contributed by atoms with Crippen molar-refractivity contribution in [3.05, 3.63) is 57.2 Å². The molecule has 0 radical (unpaired) electrons. The van der Waals surface area contributed by atoms with E-state index in [4.69, 9.17) is 23.8 Å². The highest BCUT2D eigenvalue weighted by Crippen LogP contribution is 2.24. The Balaban J connectivity index is 1.67. The van der Waals surface area contributed by atoms with E-state index >= 15 is 0 Å². The molecular weight excluding hydrogens is 386 g/mol. The highest BCUT2D eigenvalue weighted by Gasteiger charge is 2.29. The minimum Gasteiger partial charge on any atom is -0.345 e. The molecule has 2 aromatic rings. The SMILES string of the molecule is Cc1ccc(NC(=S)N2CCCN(c3[nH+]cccc3[N+](=O)[O-])CC2)cc1Cl. The Kier molecular flexibility index (Phi) is 6.08. The number of rotatable bonds is 3. The van der Waals surface area contributed by atoms with E-state index in [0.29, 0.717) is 29.0 Å². The zero-order valence-electron chi connectivity index (χ0n) is 14.9. The molecule has 1 fully saturated rings. The van der Waals surface area contributed by atoms with E-state index in [1.54, 1.807) is 12.3 Å². The molecule has 7 nitrogen and oxygen atoms in total. The fourth-order valence-electron chi connectivity index (χ4n) is 3.04. The summed E-state index contributed by atoms with van der Waals surface area (Å²) in [5, 5.41) is 15.8. The molecule has 0 bridgehead atoms. The van der Waals surface area contributed by atoms with Crippen LogP contribution in [0.1, 0.15) is 12.0 Å². The van der Waals surface area contributed by atoms with E-state index in [0.717, 1.165) is 30.8 Å². The molecule has 0 unspecified atom stereocenters. The summed E-state index contributed by atoms with van der Waals surface area (Å²) in [4.78, 5) is 18.0. The smallest absolute Gasteiger partial charge is 0.345 e. The average Bonchev–Trinajstić information content (AvgIpc) is 2.91. The van der Waals surface area contributed by atoms with E-state index in [-0.39, 0.29) is 10.6 Å². The predicted octanol–water partition coefficient (Wildman–Crippen LogP) is 3.28. The standard InChI is InChI=1S/C18H20ClN5O2S/c1-13-5-6-14(12-15(13)19)21-18(27)23-9-3-8-22(10-11-23)17-16(24(25)26)4-2-7-20-17/h2,4-7,12H,3,8-11H2,1H3,(H,21,27)/p+1. The second kappa shape index (κ2) is 8.49. The lowest BCUT2D eigenvalue weighted by molar-refractivity contribution is -0.411. The Bertz CT molecular complexity index is 863. The van der Waals surface area contributed by atoms with E-state index < -0.39 is 0 Å². The van der Waals surface area contributed by atoms with Crippen LogP contribution in [0.25, 0.3) is 0 Å². The van der Waals surface area contributed by atoms with Crippen molar-refractivity contribution in [3.63, 3.8) is 0 Å². The van der Waals surface area contributed by atoms with Crippen LogP contribution in [0.15, 0.2) is 36.5 Å². The van der Waals surface area contributed by atoms with Crippen molar-refractivity contribution in [1.82, 2.24) is 4.90 Å². The lowest BCUT2D eigenvalue weighted by Crippen LogP contribution is -2.38. The summed E-state index contributed by atoms with van der Waals surface area (Å²) in [7, 11) is 0. The number of aromatic nitrogens is 1. The van der Waals surface area contributed by atoms with Gasteiger partial charge in [0.1, 0.15) is 6.54 Å². The van der Waals surface area contributed by atoms with Crippen LogP contribution in [-0.2, 0) is 0 Å². The number of thiocarbonyl (C=S) groups is 1. The quantitative estimate of drug-likeness (QED) is 0.479. The number of halogens is 1. The van der Waals surface area contributed by atoms with Crippen molar-refractivity contribution >= 4 is 46.1 Å². The highest BCUT2D eigenvalue weighted by molar-refractivity contribution is 7.80. The third kappa shape index (κ3) is 4.64. The molecule has 1 saturated heterocycles. The molecule has 1 aromatic heterocycles. The van der Waals surface area contributed by atoms with E-state index in [1.807, 2.05) is 30.0 Å². The summed E-state index contributed by atoms with van der Waals surface area (Å²) in [6.07, 6.45) is 2.55. The van der Waals surface area contributed by atoms with Crippen molar-refractivity contribution in [2.45, 2.75) is 13.3 Å². The summed E-state index contributed by atoms with van der Waals surface area (Å²) in [6.45, 7) is 4.76. The van der Waals surface area contributed by atoms with Gasteiger partial charge >= 0.3 is 11.5 Å². The minimum atomic E-state index is -0.359. The van der Waals surface area contributed by atoms with Gasteiger partial charge in [0.05, 0.1) is 24.2 Å². The topological polar surface area (TPSA) is 75.8 Å². The maximum Gasteiger partial charge on any atom is 0.357 e. The number of hydrogen-bond donors (Lipinski definition) is 1. The third-order valence-electron chi connectivity index (χ3n) is 4.53. The van der Waals surface area contributed by atoms with Crippen molar-refractivity contribution < 1.29 is 9.91 Å². The zero-order chi connectivity index (χ0) is 19.4. The van der Waals surface area contributed by atoms with Gasteiger partial charge in [-0.05, 0) is 42.9 Å². The number of aryl methyl sites for hydroxylation is 1. The molecule has 1 aliphatic heterocycles. The number of hydrogen-bond acceptors (Lipinski definition) is 4. The minimum absolute atomic E-state index is 0.0842. The lowest BCUT2D eigenvalue weighted by atomic mass is 10.2. The largest absolute Gasteiger partial charge is 0.357 e. The van der Waals surface area contributed by atoms with Crippen LogP contribution >= 0.6 is 23.8 Å². The number of nitrogens with one attached hydrogen (secondary N) is 2. The van der Waals surface area contributed by atoms with E-state index in [1.165, 1.54) is 6.07 Å². The summed E-state index contributed by atoms with van der Waals surface area (Å²) in [5.41, 5.74) is 1.95. The van der Waals surface area contributed by atoms with Crippen molar-refractivity contribution in [2.75, 3.05) is 36.4 Å². The molecule has 0 saturated carbocycles. The summed E-state index contributed by atoms with van der Waals surface area (Å²) >= 11 is 11.7. The molecule has 9 heteroatoms. The highest BCUT2D eigenvalue weighted by atomic mass is 35.5. The van der Waals surface area contributed by atoms with E-state index in [9.17, 15) is 10.1 Å². The molecule has 27 heavy (non-hydrogen) atoms. The number of H-pyrrole nitrogens is 1. The second-order valence-electron chi connectivity index (χ2n) is 6.38. The first kappa shape index (κ1) is 19.3. The van der Waals surface area contributed by atoms with Gasteiger partial charge in [-0.15, -0.1) is 0 Å². The summed E-state index contributed by atoms with van der Waals surface area (Å²) in [6, 6.07) is 8.90. The zero-order valence-corrected chi connectivity index (χ0v) is 16.5. The van der Waals surface area contributed by atoms with Gasteiger partial charge in [0.25, 0.3) is 0 Å². The summed E-state index contributed by atoms with van der Waals surface area (Å²) < 4.78 is 0. The first-order chi connectivity index (χ1) is 13.0. The monoisotopic (exact) mass is 406 g/mol. The van der Waals surface area contributed by atoms with Crippen LogP contribution in [-0.4, -0.2) is 41.1 Å². The molecule has 1 aliphatic rings. The molecule has 1 aromatic carbocycles. The molecule has 0 atom stereocenters. The average molecular weight is 407 g/mol. The number of aromatic amines is 1. The van der Waals surface area contributed by atoms with Crippen LogP contribution in [0.3, 0.4) is 0 Å². The number of anilines is 2. The fraction of sp³-hybridized carbons (Fsp3) is 0.333. The van der Waals surface area contributed by atoms with Gasteiger partial charge < -0.3 is 10.2 Å². The van der Waals surface area contributed by atoms with Gasteiger partial charge in [-0.3, -0.25) is 15.0 Å². The Labute approximate surface area is 168 Å². The van der Waals surface area contributed by atoms with Gasteiger partial charge in [-0.2, -0.15) is 0 Å². The fourth-order valence-corrected chi connectivity index (χ4v) is 3.52. The third-order valence-corrected chi connectivity index (χ3v) is 5.30. The first-order valence-corrected chi connectivity index (χ1v) is 9.46. The van der Waals surface area contributed by atoms with Crippen LogP contribution < -0.4 is 15.2 Å². The molecule has 0 spiro atoms. The normalized spacial score (nSPS) is 14.6. The van der Waals surface area contributed by atoms with Crippen LogP contribution in [0, 0.1) is 17.0 Å². The Morgan fingerprint density at radius 2 is 2.11 bits per heavy atom. The van der Waals surface area contributed by atoms with Gasteiger partial charge in [-0.1, -0.05) is 17.7 Å². The van der Waals surface area contributed by atoms with Crippen molar-refractivity contribution in [3.8, 4) is 0 Å². The molecule has 2 N–H and O–H groups in total. The maximum absolute atomic E-state index is 11.3. The Hall–Kier alpha value is -2.45. The summed E-state index contributed by atoms with van der Waals surface area (Å²) in [5.74, 6) is 0.536. The Morgan fingerprint density at radius 3 is 2.85 bits per heavy atom. The van der Waals surface area contributed by atoms with Gasteiger partial charge in [0, 0.05) is 29.7 Å². The Morgan fingerprint density at radius 1 is 1.30 bits per heavy atom. The second-order valence-corrected chi connectivity index (χ2v) is 7.18.